The molecule has 0 atom stereocenters. The van der Waals surface area contributed by atoms with E-state index in [1.807, 2.05) is 36.5 Å². The zero-order chi connectivity index (χ0) is 13.8. The van der Waals surface area contributed by atoms with Crippen molar-refractivity contribution in [2.45, 2.75) is 6.42 Å². The van der Waals surface area contributed by atoms with Crippen molar-refractivity contribution >= 4 is 0 Å². The number of hydrogen-bond acceptors (Lipinski definition) is 3. The lowest BCUT2D eigenvalue weighted by Crippen LogP contribution is -1.94. The minimum atomic E-state index is 0.637. The largest absolute Gasteiger partial charge is 0.220 e. The molecule has 0 aliphatic rings. The molecule has 0 saturated heterocycles. The first kappa shape index (κ1) is 12.1. The van der Waals surface area contributed by atoms with Crippen LogP contribution in [-0.4, -0.2) is 15.0 Å². The molecule has 3 aromatic rings. The summed E-state index contributed by atoms with van der Waals surface area (Å²) in [6.45, 7) is 0. The Bertz CT molecular complexity index is 736. The van der Waals surface area contributed by atoms with Crippen LogP contribution in [0.4, 0.5) is 0 Å². The summed E-state index contributed by atoms with van der Waals surface area (Å²) in [4.78, 5) is 0. The third kappa shape index (κ3) is 2.57. The van der Waals surface area contributed by atoms with Gasteiger partial charge in [-0.3, -0.25) is 0 Å². The molecule has 2 aromatic carbocycles. The number of nitriles is 1. The molecule has 3 rings (SSSR count). The highest BCUT2D eigenvalue weighted by molar-refractivity contribution is 5.38. The van der Waals surface area contributed by atoms with E-state index in [1.54, 1.807) is 16.8 Å². The smallest absolute Gasteiger partial charge is 0.0991 e. The molecule has 0 radical (unpaired) electrons. The Morgan fingerprint density at radius 2 is 1.75 bits per heavy atom. The van der Waals surface area contributed by atoms with E-state index in [0.29, 0.717) is 5.56 Å². The molecule has 96 valence electrons. The van der Waals surface area contributed by atoms with Gasteiger partial charge in [0.2, 0.25) is 0 Å². The molecule has 0 aliphatic carbocycles. The third-order valence-electron chi connectivity index (χ3n) is 3.03. The first-order chi connectivity index (χ1) is 9.85. The fourth-order valence-electron chi connectivity index (χ4n) is 2.00. The van der Waals surface area contributed by atoms with Crippen LogP contribution >= 0.6 is 0 Å². The standard InChI is InChI=1S/C16H12N4/c17-11-14-6-8-16(9-7-14)20-12-15(18-19-20)10-13-4-2-1-3-5-13/h1-9,12H,10H2. The quantitative estimate of drug-likeness (QED) is 0.727. The maximum Gasteiger partial charge on any atom is 0.0991 e. The summed E-state index contributed by atoms with van der Waals surface area (Å²) < 4.78 is 1.72. The SMILES string of the molecule is N#Cc1ccc(-n2cc(Cc3ccccc3)nn2)cc1. The number of rotatable bonds is 3. The van der Waals surface area contributed by atoms with Crippen LogP contribution in [-0.2, 0) is 6.42 Å². The summed E-state index contributed by atoms with van der Waals surface area (Å²) in [7, 11) is 0. The van der Waals surface area contributed by atoms with Gasteiger partial charge in [0.15, 0.2) is 0 Å². The predicted octanol–water partition coefficient (Wildman–Crippen LogP) is 2.73. The van der Waals surface area contributed by atoms with Gasteiger partial charge in [0.05, 0.1) is 29.2 Å². The van der Waals surface area contributed by atoms with Crippen LogP contribution in [0, 0.1) is 11.3 Å². The van der Waals surface area contributed by atoms with Crippen LogP contribution in [0.5, 0.6) is 0 Å². The number of benzene rings is 2. The van der Waals surface area contributed by atoms with Gasteiger partial charge in [-0.1, -0.05) is 35.5 Å². The highest BCUT2D eigenvalue weighted by Crippen LogP contribution is 2.11. The van der Waals surface area contributed by atoms with Gasteiger partial charge in [-0.05, 0) is 29.8 Å². The molecule has 0 fully saturated rings. The maximum absolute atomic E-state index is 8.78. The molecule has 0 spiro atoms. The van der Waals surface area contributed by atoms with E-state index in [1.165, 1.54) is 5.56 Å². The van der Waals surface area contributed by atoms with Crippen LogP contribution in [0.1, 0.15) is 16.8 Å². The Kier molecular flexibility index (Phi) is 3.25. The first-order valence-electron chi connectivity index (χ1n) is 6.31. The van der Waals surface area contributed by atoms with Gasteiger partial charge in [-0.25, -0.2) is 4.68 Å². The van der Waals surface area contributed by atoms with Crippen molar-refractivity contribution in [2.24, 2.45) is 0 Å². The lowest BCUT2D eigenvalue weighted by Gasteiger charge is -1.99. The average molecular weight is 260 g/mol. The van der Waals surface area contributed by atoms with Crippen molar-refractivity contribution in [3.8, 4) is 11.8 Å². The van der Waals surface area contributed by atoms with Gasteiger partial charge >= 0.3 is 0 Å². The Hall–Kier alpha value is -2.93. The van der Waals surface area contributed by atoms with E-state index in [4.69, 9.17) is 5.26 Å². The maximum atomic E-state index is 8.78. The second-order valence-electron chi connectivity index (χ2n) is 4.48. The summed E-state index contributed by atoms with van der Waals surface area (Å²) in [5.74, 6) is 0. The van der Waals surface area contributed by atoms with Gasteiger partial charge in [-0.2, -0.15) is 5.26 Å². The van der Waals surface area contributed by atoms with Crippen LogP contribution in [0.25, 0.3) is 5.69 Å². The van der Waals surface area contributed by atoms with E-state index in [9.17, 15) is 0 Å². The summed E-state index contributed by atoms with van der Waals surface area (Å²) >= 11 is 0. The molecule has 0 aliphatic heterocycles. The van der Waals surface area contributed by atoms with Crippen molar-refractivity contribution in [1.29, 1.82) is 5.26 Å². The molecule has 0 amide bonds. The van der Waals surface area contributed by atoms with Crippen molar-refractivity contribution in [2.75, 3.05) is 0 Å². The lowest BCUT2D eigenvalue weighted by atomic mass is 10.1. The molecule has 0 unspecified atom stereocenters. The minimum Gasteiger partial charge on any atom is -0.220 e. The second kappa shape index (κ2) is 5.37. The average Bonchev–Trinajstić information content (AvgIpc) is 2.97. The van der Waals surface area contributed by atoms with E-state index < -0.39 is 0 Å². The van der Waals surface area contributed by atoms with Crippen molar-refractivity contribution < 1.29 is 0 Å². The lowest BCUT2D eigenvalue weighted by molar-refractivity contribution is 0.799. The van der Waals surface area contributed by atoms with Crippen LogP contribution in [0.2, 0.25) is 0 Å². The molecule has 4 nitrogen and oxygen atoms in total. The first-order valence-corrected chi connectivity index (χ1v) is 6.31. The Labute approximate surface area is 116 Å². The normalized spacial score (nSPS) is 10.2. The molecule has 4 heteroatoms. The molecular formula is C16H12N4. The Balaban J connectivity index is 1.81. The van der Waals surface area contributed by atoms with E-state index in [2.05, 4.69) is 28.5 Å². The fourth-order valence-corrected chi connectivity index (χ4v) is 2.00. The van der Waals surface area contributed by atoms with E-state index in [-0.39, 0.29) is 0 Å². The van der Waals surface area contributed by atoms with Crippen LogP contribution in [0.3, 0.4) is 0 Å². The molecule has 0 bridgehead atoms. The number of aromatic nitrogens is 3. The molecule has 0 saturated carbocycles. The highest BCUT2D eigenvalue weighted by atomic mass is 15.4. The van der Waals surface area contributed by atoms with Crippen LogP contribution in [0.15, 0.2) is 60.8 Å². The van der Waals surface area contributed by atoms with Gasteiger partial charge in [0.25, 0.3) is 0 Å². The predicted molar refractivity (Wildman–Crippen MR) is 75.3 cm³/mol. The van der Waals surface area contributed by atoms with Gasteiger partial charge in [0.1, 0.15) is 0 Å². The zero-order valence-corrected chi connectivity index (χ0v) is 10.8. The Morgan fingerprint density at radius 3 is 2.45 bits per heavy atom. The fraction of sp³-hybridized carbons (Fsp3) is 0.0625. The molecule has 1 heterocycles. The zero-order valence-electron chi connectivity index (χ0n) is 10.8. The second-order valence-corrected chi connectivity index (χ2v) is 4.48. The van der Waals surface area contributed by atoms with Gasteiger partial charge < -0.3 is 0 Å². The van der Waals surface area contributed by atoms with Gasteiger partial charge in [0, 0.05) is 6.42 Å². The summed E-state index contributed by atoms with van der Waals surface area (Å²) in [5.41, 5.74) is 3.66. The summed E-state index contributed by atoms with van der Waals surface area (Å²) in [6, 6.07) is 19.5. The summed E-state index contributed by atoms with van der Waals surface area (Å²) in [6.07, 6.45) is 2.67. The number of nitrogens with zero attached hydrogens (tertiary/aromatic N) is 4. The molecule has 0 N–H and O–H groups in total. The third-order valence-corrected chi connectivity index (χ3v) is 3.03. The van der Waals surface area contributed by atoms with Crippen molar-refractivity contribution in [3.63, 3.8) is 0 Å². The summed E-state index contributed by atoms with van der Waals surface area (Å²) in [5, 5.41) is 17.1. The van der Waals surface area contributed by atoms with Crippen LogP contribution < -0.4 is 0 Å². The number of hydrogen-bond donors (Lipinski definition) is 0. The van der Waals surface area contributed by atoms with Gasteiger partial charge in [-0.15, -0.1) is 5.10 Å². The highest BCUT2D eigenvalue weighted by Gasteiger charge is 2.04. The van der Waals surface area contributed by atoms with Crippen molar-refractivity contribution in [3.05, 3.63) is 77.6 Å². The van der Waals surface area contributed by atoms with E-state index >= 15 is 0 Å². The van der Waals surface area contributed by atoms with Crippen molar-refractivity contribution in [1.82, 2.24) is 15.0 Å². The molecular weight excluding hydrogens is 248 g/mol. The topological polar surface area (TPSA) is 54.5 Å². The molecule has 20 heavy (non-hydrogen) atoms. The Morgan fingerprint density at radius 1 is 1.00 bits per heavy atom. The minimum absolute atomic E-state index is 0.637. The monoisotopic (exact) mass is 260 g/mol. The van der Waals surface area contributed by atoms with E-state index in [0.717, 1.165) is 17.8 Å². The molecule has 1 aromatic heterocycles.